The van der Waals surface area contributed by atoms with E-state index in [9.17, 15) is 9.59 Å². The molecule has 0 aliphatic rings. The molecule has 0 saturated heterocycles. The topological polar surface area (TPSA) is 90.7 Å². The fourth-order valence-electron chi connectivity index (χ4n) is 2.63. The first-order chi connectivity index (χ1) is 14.2. The monoisotopic (exact) mass is 388 g/mol. The van der Waals surface area contributed by atoms with Gasteiger partial charge >= 0.3 is 5.63 Å². The van der Waals surface area contributed by atoms with Crippen molar-refractivity contribution in [3.8, 4) is 17.2 Å². The number of fused-ring (bicyclic) bond motifs is 1. The molecular formula is C22H16N2O5. The van der Waals surface area contributed by atoms with Crippen molar-refractivity contribution >= 4 is 22.6 Å². The maximum atomic E-state index is 12.1. The normalized spacial score (nSPS) is 10.5. The molecule has 144 valence electrons. The number of amides is 1. The zero-order valence-corrected chi connectivity index (χ0v) is 15.2. The van der Waals surface area contributed by atoms with Crippen LogP contribution in [0.15, 0.2) is 88.3 Å². The Kier molecular flexibility index (Phi) is 5.20. The second-order valence-electron chi connectivity index (χ2n) is 6.10. The molecule has 0 saturated carbocycles. The lowest BCUT2D eigenvalue weighted by atomic mass is 10.2. The number of aromatic nitrogens is 1. The molecule has 0 atom stereocenters. The Hall–Kier alpha value is -4.13. The highest BCUT2D eigenvalue weighted by Gasteiger charge is 2.06. The summed E-state index contributed by atoms with van der Waals surface area (Å²) in [6, 6.07) is 18.5. The predicted molar refractivity (Wildman–Crippen MR) is 107 cm³/mol. The summed E-state index contributed by atoms with van der Waals surface area (Å²) in [4.78, 5) is 27.4. The summed E-state index contributed by atoms with van der Waals surface area (Å²) in [5.74, 6) is 1.44. The Bertz CT molecular complexity index is 1190. The van der Waals surface area contributed by atoms with Gasteiger partial charge in [-0.2, -0.15) is 0 Å². The zero-order valence-electron chi connectivity index (χ0n) is 15.2. The first kappa shape index (κ1) is 18.2. The smallest absolute Gasteiger partial charge is 0.336 e. The van der Waals surface area contributed by atoms with Gasteiger partial charge in [-0.15, -0.1) is 0 Å². The quantitative estimate of drug-likeness (QED) is 0.502. The summed E-state index contributed by atoms with van der Waals surface area (Å²) in [7, 11) is 0. The van der Waals surface area contributed by atoms with E-state index in [2.05, 4.69) is 10.3 Å². The molecule has 4 rings (SSSR count). The number of carbonyl (C=O) groups excluding carboxylic acids is 1. The van der Waals surface area contributed by atoms with Crippen LogP contribution in [-0.2, 0) is 4.79 Å². The van der Waals surface area contributed by atoms with Crippen molar-refractivity contribution < 1.29 is 18.7 Å². The molecule has 7 nitrogen and oxygen atoms in total. The van der Waals surface area contributed by atoms with Crippen LogP contribution in [0.4, 0.5) is 5.69 Å². The third-order valence-corrected chi connectivity index (χ3v) is 3.99. The molecule has 2 aromatic heterocycles. The van der Waals surface area contributed by atoms with Crippen LogP contribution in [0.2, 0.25) is 0 Å². The number of benzene rings is 2. The lowest BCUT2D eigenvalue weighted by molar-refractivity contribution is -0.118. The van der Waals surface area contributed by atoms with E-state index in [-0.39, 0.29) is 12.5 Å². The Morgan fingerprint density at radius 1 is 0.897 bits per heavy atom. The molecule has 0 radical (unpaired) electrons. The van der Waals surface area contributed by atoms with Gasteiger partial charge in [0.25, 0.3) is 5.91 Å². The number of hydrogen-bond acceptors (Lipinski definition) is 6. The number of nitrogens with zero attached hydrogens (tertiary/aromatic N) is 1. The van der Waals surface area contributed by atoms with Crippen molar-refractivity contribution in [2.75, 3.05) is 11.9 Å². The van der Waals surface area contributed by atoms with Gasteiger partial charge in [-0.25, -0.2) is 4.79 Å². The third kappa shape index (κ3) is 4.78. The summed E-state index contributed by atoms with van der Waals surface area (Å²) in [6.45, 7) is -0.183. The van der Waals surface area contributed by atoms with Crippen molar-refractivity contribution in [2.24, 2.45) is 0 Å². The largest absolute Gasteiger partial charge is 0.484 e. The molecule has 7 heteroatoms. The Labute approximate surface area is 165 Å². The Morgan fingerprint density at radius 2 is 1.59 bits per heavy atom. The van der Waals surface area contributed by atoms with Crippen molar-refractivity contribution in [1.82, 2.24) is 4.98 Å². The van der Waals surface area contributed by atoms with Gasteiger partial charge in [-0.3, -0.25) is 9.78 Å². The summed E-state index contributed by atoms with van der Waals surface area (Å²) >= 11 is 0. The minimum atomic E-state index is -0.441. The maximum Gasteiger partial charge on any atom is 0.336 e. The van der Waals surface area contributed by atoms with E-state index in [0.717, 1.165) is 5.39 Å². The average molecular weight is 388 g/mol. The van der Waals surface area contributed by atoms with E-state index in [1.165, 1.54) is 6.07 Å². The summed E-state index contributed by atoms with van der Waals surface area (Å²) in [5.41, 5.74) is 0.578. The number of pyridine rings is 1. The number of carbonyl (C=O) groups is 1. The molecule has 4 aromatic rings. The first-order valence-corrected chi connectivity index (χ1v) is 8.80. The second-order valence-corrected chi connectivity index (χ2v) is 6.10. The van der Waals surface area contributed by atoms with Gasteiger partial charge in [0, 0.05) is 35.6 Å². The fraction of sp³-hybridized carbons (Fsp3) is 0.0455. The zero-order chi connectivity index (χ0) is 20.1. The summed E-state index contributed by atoms with van der Waals surface area (Å²) < 4.78 is 16.3. The Balaban J connectivity index is 1.33. The highest BCUT2D eigenvalue weighted by Crippen LogP contribution is 2.22. The molecule has 0 bridgehead atoms. The lowest BCUT2D eigenvalue weighted by Gasteiger charge is -2.09. The molecule has 2 aromatic carbocycles. The molecule has 2 heterocycles. The van der Waals surface area contributed by atoms with Crippen molar-refractivity contribution in [2.45, 2.75) is 0 Å². The van der Waals surface area contributed by atoms with E-state index in [4.69, 9.17) is 13.9 Å². The van der Waals surface area contributed by atoms with Crippen LogP contribution in [0, 0.1) is 0 Å². The molecule has 0 fully saturated rings. The highest BCUT2D eigenvalue weighted by molar-refractivity contribution is 5.92. The van der Waals surface area contributed by atoms with Gasteiger partial charge in [0.1, 0.15) is 22.8 Å². The minimum Gasteiger partial charge on any atom is -0.484 e. The van der Waals surface area contributed by atoms with Gasteiger partial charge in [0.05, 0.1) is 0 Å². The van der Waals surface area contributed by atoms with Crippen molar-refractivity contribution in [3.05, 3.63) is 89.5 Å². The van der Waals surface area contributed by atoms with E-state index >= 15 is 0 Å². The van der Waals surface area contributed by atoms with Crippen LogP contribution < -0.4 is 20.4 Å². The summed E-state index contributed by atoms with van der Waals surface area (Å²) in [6.07, 6.45) is 3.29. The molecule has 1 amide bonds. The minimum absolute atomic E-state index is 0.183. The lowest BCUT2D eigenvalue weighted by Crippen LogP contribution is -2.20. The molecule has 1 N–H and O–H groups in total. The van der Waals surface area contributed by atoms with Crippen LogP contribution >= 0.6 is 0 Å². The van der Waals surface area contributed by atoms with Crippen LogP contribution in [0.1, 0.15) is 0 Å². The van der Waals surface area contributed by atoms with E-state index < -0.39 is 5.63 Å². The number of rotatable bonds is 6. The van der Waals surface area contributed by atoms with Crippen molar-refractivity contribution in [3.63, 3.8) is 0 Å². The van der Waals surface area contributed by atoms with Crippen LogP contribution in [-0.4, -0.2) is 17.5 Å². The van der Waals surface area contributed by atoms with Gasteiger partial charge in [0.15, 0.2) is 6.61 Å². The fourth-order valence-corrected chi connectivity index (χ4v) is 2.63. The average Bonchev–Trinajstić information content (AvgIpc) is 2.74. The number of hydrogen-bond donors (Lipinski definition) is 1. The number of ether oxygens (including phenoxy) is 2. The van der Waals surface area contributed by atoms with E-state index in [0.29, 0.717) is 28.5 Å². The Morgan fingerprint density at radius 3 is 2.38 bits per heavy atom. The molecule has 0 spiro atoms. The van der Waals surface area contributed by atoms with E-state index in [1.807, 2.05) is 0 Å². The second kappa shape index (κ2) is 8.26. The SMILES string of the molecule is O=C(COc1ccc2ccc(=O)oc2c1)Nc1ccc(Oc2ccncc2)cc1. The number of anilines is 1. The van der Waals surface area contributed by atoms with Crippen LogP contribution in [0.3, 0.4) is 0 Å². The third-order valence-electron chi connectivity index (χ3n) is 3.99. The molecule has 0 aliphatic carbocycles. The first-order valence-electron chi connectivity index (χ1n) is 8.80. The van der Waals surface area contributed by atoms with E-state index in [1.54, 1.807) is 73.1 Å². The van der Waals surface area contributed by atoms with Gasteiger partial charge in [-0.05, 0) is 54.6 Å². The molecule has 0 unspecified atom stereocenters. The van der Waals surface area contributed by atoms with Crippen molar-refractivity contribution in [1.29, 1.82) is 0 Å². The molecular weight excluding hydrogens is 372 g/mol. The van der Waals surface area contributed by atoms with Gasteiger partial charge in [-0.1, -0.05) is 0 Å². The summed E-state index contributed by atoms with van der Waals surface area (Å²) in [5, 5.41) is 3.52. The maximum absolute atomic E-state index is 12.1. The molecule has 29 heavy (non-hydrogen) atoms. The van der Waals surface area contributed by atoms with Crippen LogP contribution in [0.5, 0.6) is 17.2 Å². The molecule has 0 aliphatic heterocycles. The highest BCUT2D eigenvalue weighted by atomic mass is 16.5. The van der Waals surface area contributed by atoms with Gasteiger partial charge in [0.2, 0.25) is 0 Å². The van der Waals surface area contributed by atoms with Gasteiger partial charge < -0.3 is 19.2 Å². The standard InChI is InChI=1S/C22H16N2O5/c25-21(14-27-19-5-1-15-2-8-22(26)29-20(15)13-19)24-16-3-6-17(7-4-16)28-18-9-11-23-12-10-18/h1-13H,14H2,(H,24,25). The predicted octanol–water partition coefficient (Wildman–Crippen LogP) is 4.00. The van der Waals surface area contributed by atoms with Crippen LogP contribution in [0.25, 0.3) is 11.0 Å². The number of nitrogens with one attached hydrogen (secondary N) is 1.